The molecule has 0 aliphatic carbocycles. The number of fused-ring (bicyclic) bond motifs is 1. The maximum atomic E-state index is 12.4. The molecule has 0 radical (unpaired) electrons. The van der Waals surface area contributed by atoms with E-state index in [9.17, 15) is 4.79 Å². The number of aromatic amines is 1. The quantitative estimate of drug-likeness (QED) is 0.732. The highest BCUT2D eigenvalue weighted by Crippen LogP contribution is 2.31. The average Bonchev–Trinajstić information content (AvgIpc) is 2.62. The molecule has 0 spiro atoms. The second-order valence-corrected chi connectivity index (χ2v) is 5.47. The van der Waals surface area contributed by atoms with Crippen LogP contribution in [0.2, 0.25) is 0 Å². The van der Waals surface area contributed by atoms with Gasteiger partial charge >= 0.3 is 0 Å². The molecule has 3 rings (SSSR count). The summed E-state index contributed by atoms with van der Waals surface area (Å²) < 4.78 is 10.7. The molecule has 24 heavy (non-hydrogen) atoms. The second-order valence-electron chi connectivity index (χ2n) is 5.47. The van der Waals surface area contributed by atoms with E-state index in [1.807, 2.05) is 42.5 Å². The number of pyridine rings is 1. The van der Waals surface area contributed by atoms with Gasteiger partial charge in [0.15, 0.2) is 0 Å². The molecule has 0 aliphatic rings. The number of hydrogen-bond acceptors (Lipinski definition) is 4. The van der Waals surface area contributed by atoms with Gasteiger partial charge in [0.05, 0.1) is 19.7 Å². The fourth-order valence-corrected chi connectivity index (χ4v) is 2.70. The van der Waals surface area contributed by atoms with E-state index in [2.05, 4.69) is 10.3 Å². The lowest BCUT2D eigenvalue weighted by Crippen LogP contribution is -2.21. The van der Waals surface area contributed by atoms with Gasteiger partial charge in [-0.05, 0) is 23.8 Å². The lowest BCUT2D eigenvalue weighted by Gasteiger charge is -2.11. The van der Waals surface area contributed by atoms with E-state index in [0.717, 1.165) is 5.39 Å². The number of methoxy groups -OCH3 is 2. The molecule has 2 N–H and O–H groups in total. The Bertz CT molecular complexity index is 888. The lowest BCUT2D eigenvalue weighted by atomic mass is 10.1. The molecule has 0 saturated heterocycles. The van der Waals surface area contributed by atoms with E-state index in [0.29, 0.717) is 35.7 Å². The smallest absolute Gasteiger partial charge is 0.253 e. The number of aromatic nitrogens is 1. The lowest BCUT2D eigenvalue weighted by molar-refractivity contribution is 0.409. The SMILES string of the molecule is COc1ccc(OC)c2[nH]c(=O)c(CNCc3ccccc3)cc12. The van der Waals surface area contributed by atoms with Gasteiger partial charge in [-0.15, -0.1) is 0 Å². The highest BCUT2D eigenvalue weighted by Gasteiger charge is 2.11. The van der Waals surface area contributed by atoms with Gasteiger partial charge in [-0.2, -0.15) is 0 Å². The van der Waals surface area contributed by atoms with Crippen molar-refractivity contribution >= 4 is 10.9 Å². The summed E-state index contributed by atoms with van der Waals surface area (Å²) in [4.78, 5) is 15.3. The minimum Gasteiger partial charge on any atom is -0.496 e. The van der Waals surface area contributed by atoms with Gasteiger partial charge in [0.25, 0.3) is 5.56 Å². The Labute approximate surface area is 140 Å². The van der Waals surface area contributed by atoms with Crippen LogP contribution in [0, 0.1) is 0 Å². The van der Waals surface area contributed by atoms with Gasteiger partial charge in [0.2, 0.25) is 0 Å². The van der Waals surface area contributed by atoms with Crippen molar-refractivity contribution in [1.82, 2.24) is 10.3 Å². The monoisotopic (exact) mass is 324 g/mol. The summed E-state index contributed by atoms with van der Waals surface area (Å²) in [5, 5.41) is 4.12. The van der Waals surface area contributed by atoms with Crippen molar-refractivity contribution in [3.05, 3.63) is 70.0 Å². The van der Waals surface area contributed by atoms with Crippen LogP contribution in [0.3, 0.4) is 0 Å². The number of nitrogens with one attached hydrogen (secondary N) is 2. The zero-order valence-electron chi connectivity index (χ0n) is 13.8. The number of ether oxygens (including phenoxy) is 2. The third-order valence-corrected chi connectivity index (χ3v) is 3.94. The van der Waals surface area contributed by atoms with Crippen LogP contribution in [-0.2, 0) is 13.1 Å². The van der Waals surface area contributed by atoms with Crippen LogP contribution in [0.5, 0.6) is 11.5 Å². The Morgan fingerprint density at radius 1 is 0.958 bits per heavy atom. The minimum atomic E-state index is -0.130. The van der Waals surface area contributed by atoms with Crippen LogP contribution in [-0.4, -0.2) is 19.2 Å². The molecule has 0 aliphatic heterocycles. The van der Waals surface area contributed by atoms with Crippen LogP contribution in [0.1, 0.15) is 11.1 Å². The largest absolute Gasteiger partial charge is 0.496 e. The van der Waals surface area contributed by atoms with Gasteiger partial charge in [-0.1, -0.05) is 30.3 Å². The van der Waals surface area contributed by atoms with Crippen LogP contribution >= 0.6 is 0 Å². The van der Waals surface area contributed by atoms with E-state index in [-0.39, 0.29) is 5.56 Å². The van der Waals surface area contributed by atoms with Crippen molar-refractivity contribution in [2.24, 2.45) is 0 Å². The molecule has 124 valence electrons. The summed E-state index contributed by atoms with van der Waals surface area (Å²) in [6.45, 7) is 1.17. The molecule has 5 heteroatoms. The van der Waals surface area contributed by atoms with E-state index in [1.54, 1.807) is 20.3 Å². The standard InChI is InChI=1S/C19H20N2O3/c1-23-16-8-9-17(24-2)18-15(16)10-14(19(22)21-18)12-20-11-13-6-4-3-5-7-13/h3-10,20H,11-12H2,1-2H3,(H,21,22). The molecule has 0 bridgehead atoms. The van der Waals surface area contributed by atoms with Crippen molar-refractivity contribution < 1.29 is 9.47 Å². The zero-order chi connectivity index (χ0) is 16.9. The maximum Gasteiger partial charge on any atom is 0.253 e. The Hall–Kier alpha value is -2.79. The molecule has 0 saturated carbocycles. The third-order valence-electron chi connectivity index (χ3n) is 3.94. The zero-order valence-corrected chi connectivity index (χ0v) is 13.8. The molecule has 3 aromatic rings. The summed E-state index contributed by atoms with van der Waals surface area (Å²) in [6, 6.07) is 15.5. The first-order valence-electron chi connectivity index (χ1n) is 7.74. The number of benzene rings is 2. The first-order chi connectivity index (χ1) is 11.7. The molecule has 1 heterocycles. The van der Waals surface area contributed by atoms with Crippen LogP contribution in [0.25, 0.3) is 10.9 Å². The van der Waals surface area contributed by atoms with Crippen molar-refractivity contribution in [3.8, 4) is 11.5 Å². The minimum absolute atomic E-state index is 0.130. The molecule has 0 unspecified atom stereocenters. The normalized spacial score (nSPS) is 10.8. The van der Waals surface area contributed by atoms with Gasteiger partial charge in [-0.25, -0.2) is 0 Å². The molecular formula is C19H20N2O3. The number of rotatable bonds is 6. The summed E-state index contributed by atoms with van der Waals surface area (Å²) in [5.74, 6) is 1.32. The third kappa shape index (κ3) is 3.26. The number of hydrogen-bond donors (Lipinski definition) is 2. The van der Waals surface area contributed by atoms with Crippen molar-refractivity contribution in [1.29, 1.82) is 0 Å². The first kappa shape index (κ1) is 16.1. The molecule has 5 nitrogen and oxygen atoms in total. The van der Waals surface area contributed by atoms with E-state index < -0.39 is 0 Å². The van der Waals surface area contributed by atoms with Gasteiger partial charge in [-0.3, -0.25) is 4.79 Å². The topological polar surface area (TPSA) is 63.4 Å². The van der Waals surface area contributed by atoms with Gasteiger partial charge in [0, 0.05) is 24.0 Å². The average molecular weight is 324 g/mol. The van der Waals surface area contributed by atoms with Crippen molar-refractivity contribution in [3.63, 3.8) is 0 Å². The number of H-pyrrole nitrogens is 1. The summed E-state index contributed by atoms with van der Waals surface area (Å²) in [6.07, 6.45) is 0. The van der Waals surface area contributed by atoms with Gasteiger partial charge < -0.3 is 19.8 Å². The predicted molar refractivity (Wildman–Crippen MR) is 94.7 cm³/mol. The van der Waals surface area contributed by atoms with Gasteiger partial charge in [0.1, 0.15) is 11.5 Å². The summed E-state index contributed by atoms with van der Waals surface area (Å²) >= 11 is 0. The van der Waals surface area contributed by atoms with Crippen molar-refractivity contribution in [2.45, 2.75) is 13.1 Å². The molecule has 0 amide bonds. The molecule has 0 fully saturated rings. The predicted octanol–water partition coefficient (Wildman–Crippen LogP) is 2.84. The Morgan fingerprint density at radius 2 is 1.67 bits per heavy atom. The van der Waals surface area contributed by atoms with E-state index in [1.165, 1.54) is 5.56 Å². The molecule has 1 aromatic heterocycles. The van der Waals surface area contributed by atoms with Crippen LogP contribution in [0.15, 0.2) is 53.3 Å². The molecule has 2 aromatic carbocycles. The van der Waals surface area contributed by atoms with Crippen LogP contribution in [0.4, 0.5) is 0 Å². The fourth-order valence-electron chi connectivity index (χ4n) is 2.70. The Morgan fingerprint density at radius 3 is 2.38 bits per heavy atom. The van der Waals surface area contributed by atoms with Crippen molar-refractivity contribution in [2.75, 3.05) is 14.2 Å². The Kier molecular flexibility index (Phi) is 4.82. The fraction of sp³-hybridized carbons (Fsp3) is 0.211. The molecular weight excluding hydrogens is 304 g/mol. The first-order valence-corrected chi connectivity index (χ1v) is 7.74. The molecule has 0 atom stereocenters. The highest BCUT2D eigenvalue weighted by molar-refractivity contribution is 5.90. The van der Waals surface area contributed by atoms with E-state index in [4.69, 9.17) is 9.47 Å². The summed E-state index contributed by atoms with van der Waals surface area (Å²) in [7, 11) is 3.19. The van der Waals surface area contributed by atoms with Crippen LogP contribution < -0.4 is 20.3 Å². The second kappa shape index (κ2) is 7.19. The Balaban J connectivity index is 1.88. The highest BCUT2D eigenvalue weighted by atomic mass is 16.5. The van der Waals surface area contributed by atoms with E-state index >= 15 is 0 Å². The maximum absolute atomic E-state index is 12.4. The summed E-state index contributed by atoms with van der Waals surface area (Å²) in [5.41, 5.74) is 2.35.